The molecule has 0 unspecified atom stereocenters. The third-order valence-electron chi connectivity index (χ3n) is 1.54. The van der Waals surface area contributed by atoms with Crippen LogP contribution in [0.25, 0.3) is 11.3 Å². The molecule has 0 aliphatic rings. The van der Waals surface area contributed by atoms with Crippen molar-refractivity contribution in [2.75, 3.05) is 5.73 Å². The van der Waals surface area contributed by atoms with Gasteiger partial charge in [-0.25, -0.2) is 9.97 Å². The maximum atomic E-state index is 5.82. The maximum Gasteiger partial charge on any atom is 0.222 e. The van der Waals surface area contributed by atoms with Crippen LogP contribution in [0.1, 0.15) is 0 Å². The Morgan fingerprint density at radius 1 is 1.21 bits per heavy atom. The zero-order valence-corrected chi connectivity index (χ0v) is 8.25. The van der Waals surface area contributed by atoms with Gasteiger partial charge in [-0.1, -0.05) is 28.4 Å². The SMILES string of the molecule is Nc1cc(-c2c(Cl)ncnc2Cl)no1. The minimum absolute atomic E-state index is 0.177. The van der Waals surface area contributed by atoms with Gasteiger partial charge in [0.15, 0.2) is 0 Å². The number of nitrogens with two attached hydrogens (primary N) is 1. The van der Waals surface area contributed by atoms with Crippen molar-refractivity contribution in [2.45, 2.75) is 0 Å². The number of anilines is 1. The molecule has 0 amide bonds. The highest BCUT2D eigenvalue weighted by Crippen LogP contribution is 2.31. The van der Waals surface area contributed by atoms with Gasteiger partial charge < -0.3 is 10.3 Å². The molecule has 0 saturated heterocycles. The largest absolute Gasteiger partial charge is 0.368 e. The second-order valence-corrected chi connectivity index (χ2v) is 3.16. The molecule has 0 spiro atoms. The molecular weight excluding hydrogens is 227 g/mol. The van der Waals surface area contributed by atoms with Gasteiger partial charge in [0.25, 0.3) is 0 Å². The smallest absolute Gasteiger partial charge is 0.222 e. The standard InChI is InChI=1S/C7H4Cl2N4O/c8-6-5(7(9)12-2-11-6)3-1-4(10)14-13-3/h1-2H,10H2. The minimum atomic E-state index is 0.177. The molecular formula is C7H4Cl2N4O. The summed E-state index contributed by atoms with van der Waals surface area (Å²) in [5.41, 5.74) is 6.19. The highest BCUT2D eigenvalue weighted by Gasteiger charge is 2.14. The van der Waals surface area contributed by atoms with Crippen LogP contribution in [0.15, 0.2) is 16.9 Å². The van der Waals surface area contributed by atoms with E-state index in [0.717, 1.165) is 0 Å². The summed E-state index contributed by atoms with van der Waals surface area (Å²) in [5.74, 6) is 0.177. The average molecular weight is 231 g/mol. The van der Waals surface area contributed by atoms with E-state index in [9.17, 15) is 0 Å². The average Bonchev–Trinajstić information content (AvgIpc) is 2.51. The summed E-state index contributed by atoms with van der Waals surface area (Å²) in [4.78, 5) is 7.55. The molecule has 14 heavy (non-hydrogen) atoms. The Morgan fingerprint density at radius 3 is 2.36 bits per heavy atom. The van der Waals surface area contributed by atoms with Gasteiger partial charge in [0.1, 0.15) is 22.3 Å². The van der Waals surface area contributed by atoms with Gasteiger partial charge in [0.05, 0.1) is 5.56 Å². The normalized spacial score (nSPS) is 10.4. The second-order valence-electron chi connectivity index (χ2n) is 2.44. The van der Waals surface area contributed by atoms with E-state index in [1.807, 2.05) is 0 Å². The van der Waals surface area contributed by atoms with Crippen molar-refractivity contribution >= 4 is 29.1 Å². The van der Waals surface area contributed by atoms with Crippen molar-refractivity contribution in [2.24, 2.45) is 0 Å². The van der Waals surface area contributed by atoms with Crippen molar-refractivity contribution in [3.63, 3.8) is 0 Å². The van der Waals surface area contributed by atoms with Crippen LogP contribution in [0.4, 0.5) is 5.88 Å². The number of nitrogens with zero attached hydrogens (tertiary/aromatic N) is 3. The number of nitrogen functional groups attached to an aromatic ring is 1. The predicted molar refractivity (Wildman–Crippen MR) is 52.0 cm³/mol. The van der Waals surface area contributed by atoms with Crippen molar-refractivity contribution in [1.29, 1.82) is 0 Å². The third-order valence-corrected chi connectivity index (χ3v) is 2.11. The molecule has 7 heteroatoms. The molecule has 0 bridgehead atoms. The zero-order chi connectivity index (χ0) is 10.1. The third kappa shape index (κ3) is 1.51. The summed E-state index contributed by atoms with van der Waals surface area (Å²) in [6, 6.07) is 1.50. The number of hydrogen-bond donors (Lipinski definition) is 1. The van der Waals surface area contributed by atoms with Crippen LogP contribution in [-0.2, 0) is 0 Å². The van der Waals surface area contributed by atoms with Crippen molar-refractivity contribution in [3.05, 3.63) is 22.7 Å². The molecule has 0 saturated carbocycles. The van der Waals surface area contributed by atoms with Crippen LogP contribution in [-0.4, -0.2) is 15.1 Å². The summed E-state index contributed by atoms with van der Waals surface area (Å²) in [6.07, 6.45) is 1.26. The zero-order valence-electron chi connectivity index (χ0n) is 6.74. The van der Waals surface area contributed by atoms with Gasteiger partial charge in [-0.2, -0.15) is 0 Å². The van der Waals surface area contributed by atoms with Crippen LogP contribution < -0.4 is 5.73 Å². The van der Waals surface area contributed by atoms with Crippen molar-refractivity contribution < 1.29 is 4.52 Å². The molecule has 72 valence electrons. The van der Waals surface area contributed by atoms with Crippen LogP contribution in [0.3, 0.4) is 0 Å². The number of aromatic nitrogens is 3. The van der Waals surface area contributed by atoms with Crippen molar-refractivity contribution in [1.82, 2.24) is 15.1 Å². The number of hydrogen-bond acceptors (Lipinski definition) is 5. The van der Waals surface area contributed by atoms with Crippen LogP contribution in [0.2, 0.25) is 10.3 Å². The van der Waals surface area contributed by atoms with E-state index in [0.29, 0.717) is 11.3 Å². The predicted octanol–water partition coefficient (Wildman–Crippen LogP) is 2.02. The Kier molecular flexibility index (Phi) is 2.26. The van der Waals surface area contributed by atoms with E-state index >= 15 is 0 Å². The molecule has 0 fully saturated rings. The van der Waals surface area contributed by atoms with E-state index in [1.165, 1.54) is 12.4 Å². The Morgan fingerprint density at radius 2 is 1.86 bits per heavy atom. The van der Waals surface area contributed by atoms with Crippen molar-refractivity contribution in [3.8, 4) is 11.3 Å². The fourth-order valence-electron chi connectivity index (χ4n) is 0.963. The molecule has 2 heterocycles. The lowest BCUT2D eigenvalue weighted by atomic mass is 10.2. The molecule has 0 aliphatic heterocycles. The first-order valence-electron chi connectivity index (χ1n) is 3.57. The second kappa shape index (κ2) is 3.43. The van der Waals surface area contributed by atoms with Crippen LogP contribution >= 0.6 is 23.2 Å². The summed E-state index contributed by atoms with van der Waals surface area (Å²) in [7, 11) is 0. The molecule has 2 aromatic rings. The van der Waals surface area contributed by atoms with Gasteiger partial charge in [-0.15, -0.1) is 0 Å². The lowest BCUT2D eigenvalue weighted by molar-refractivity contribution is 0.439. The first-order valence-corrected chi connectivity index (χ1v) is 4.32. The molecule has 0 aliphatic carbocycles. The monoisotopic (exact) mass is 230 g/mol. The molecule has 0 aromatic carbocycles. The Labute approximate surface area is 88.8 Å². The highest BCUT2D eigenvalue weighted by molar-refractivity contribution is 6.37. The molecule has 0 radical (unpaired) electrons. The first kappa shape index (κ1) is 9.23. The van der Waals surface area contributed by atoms with Crippen LogP contribution in [0.5, 0.6) is 0 Å². The fourth-order valence-corrected chi connectivity index (χ4v) is 1.47. The molecule has 5 nitrogen and oxygen atoms in total. The minimum Gasteiger partial charge on any atom is -0.368 e. The Bertz CT molecular complexity index is 450. The molecule has 0 atom stereocenters. The lowest BCUT2D eigenvalue weighted by Gasteiger charge is -1.99. The topological polar surface area (TPSA) is 77.8 Å². The van der Waals surface area contributed by atoms with Crippen LogP contribution in [0, 0.1) is 0 Å². The summed E-state index contributed by atoms with van der Waals surface area (Å²) in [6.45, 7) is 0. The van der Waals surface area contributed by atoms with E-state index < -0.39 is 0 Å². The van der Waals surface area contributed by atoms with Gasteiger partial charge >= 0.3 is 0 Å². The molecule has 2 aromatic heterocycles. The maximum absolute atomic E-state index is 5.82. The summed E-state index contributed by atoms with van der Waals surface area (Å²) >= 11 is 11.6. The Hall–Kier alpha value is -1.33. The summed E-state index contributed by atoms with van der Waals surface area (Å²) in [5, 5.41) is 4.07. The number of rotatable bonds is 1. The quantitative estimate of drug-likeness (QED) is 0.759. The fraction of sp³-hybridized carbons (Fsp3) is 0. The van der Waals surface area contributed by atoms with E-state index in [4.69, 9.17) is 28.9 Å². The van der Waals surface area contributed by atoms with E-state index in [-0.39, 0.29) is 16.2 Å². The lowest BCUT2D eigenvalue weighted by Crippen LogP contribution is -1.88. The van der Waals surface area contributed by atoms with E-state index in [2.05, 4.69) is 19.6 Å². The van der Waals surface area contributed by atoms with Gasteiger partial charge in [-0.3, -0.25) is 0 Å². The Balaban J connectivity index is 2.61. The highest BCUT2D eigenvalue weighted by atomic mass is 35.5. The molecule has 2 rings (SSSR count). The first-order chi connectivity index (χ1) is 6.68. The van der Waals surface area contributed by atoms with Gasteiger partial charge in [0, 0.05) is 6.07 Å². The van der Waals surface area contributed by atoms with E-state index in [1.54, 1.807) is 0 Å². The summed E-state index contributed by atoms with van der Waals surface area (Å²) < 4.78 is 4.68. The number of halogens is 2. The molecule has 2 N–H and O–H groups in total. The van der Waals surface area contributed by atoms with Gasteiger partial charge in [0.2, 0.25) is 5.88 Å². The van der Waals surface area contributed by atoms with Gasteiger partial charge in [-0.05, 0) is 0 Å².